The van der Waals surface area contributed by atoms with Gasteiger partial charge in [0.25, 0.3) is 11.8 Å². The topological polar surface area (TPSA) is 71.4 Å². The third-order valence-corrected chi connectivity index (χ3v) is 7.05. The molecule has 180 valence electrons. The number of aromatic nitrogens is 1. The minimum Gasteiger partial charge on any atom is -0.342 e. The Kier molecular flexibility index (Phi) is 6.35. The molecular formula is C27H18Cl3N3O3. The number of amides is 4. The van der Waals surface area contributed by atoms with E-state index in [4.69, 9.17) is 34.8 Å². The predicted molar refractivity (Wildman–Crippen MR) is 143 cm³/mol. The van der Waals surface area contributed by atoms with Gasteiger partial charge in [0, 0.05) is 44.3 Å². The van der Waals surface area contributed by atoms with Crippen LogP contribution < -0.4 is 10.2 Å². The number of hydrogen-bond acceptors (Lipinski definition) is 3. The maximum absolute atomic E-state index is 13.4. The van der Waals surface area contributed by atoms with Crippen molar-refractivity contribution in [2.24, 2.45) is 0 Å². The first-order valence-electron chi connectivity index (χ1n) is 10.9. The summed E-state index contributed by atoms with van der Waals surface area (Å²) in [5.74, 6) is -1.50. The van der Waals surface area contributed by atoms with Crippen LogP contribution in [0, 0.1) is 6.92 Å². The van der Waals surface area contributed by atoms with Crippen molar-refractivity contribution >= 4 is 75.3 Å². The molecule has 5 rings (SSSR count). The summed E-state index contributed by atoms with van der Waals surface area (Å²) < 4.78 is 1.98. The fourth-order valence-electron chi connectivity index (χ4n) is 4.22. The summed E-state index contributed by atoms with van der Waals surface area (Å²) in [6.45, 7) is 2.15. The summed E-state index contributed by atoms with van der Waals surface area (Å²) in [5.41, 5.74) is 3.09. The quantitative estimate of drug-likeness (QED) is 0.234. The van der Waals surface area contributed by atoms with Crippen molar-refractivity contribution in [3.05, 3.63) is 104 Å². The molecule has 1 aliphatic rings. The summed E-state index contributed by atoms with van der Waals surface area (Å²) in [7, 11) is 0. The molecule has 9 heteroatoms. The van der Waals surface area contributed by atoms with Gasteiger partial charge in [-0.2, -0.15) is 0 Å². The lowest BCUT2D eigenvalue weighted by Crippen LogP contribution is -2.54. The number of nitrogens with one attached hydrogen (secondary N) is 1. The molecule has 36 heavy (non-hydrogen) atoms. The highest BCUT2D eigenvalue weighted by atomic mass is 35.5. The highest BCUT2D eigenvalue weighted by Crippen LogP contribution is 2.31. The van der Waals surface area contributed by atoms with Crippen LogP contribution in [0.5, 0.6) is 0 Å². The van der Waals surface area contributed by atoms with E-state index in [1.165, 1.54) is 6.08 Å². The van der Waals surface area contributed by atoms with Crippen LogP contribution in [0.2, 0.25) is 15.1 Å². The van der Waals surface area contributed by atoms with Crippen molar-refractivity contribution < 1.29 is 14.4 Å². The van der Waals surface area contributed by atoms with E-state index in [9.17, 15) is 14.4 Å². The number of nitrogens with zero attached hydrogens (tertiary/aromatic N) is 2. The molecular weight excluding hydrogens is 521 g/mol. The molecule has 4 amide bonds. The Bertz CT molecular complexity index is 1610. The van der Waals surface area contributed by atoms with Crippen LogP contribution in [-0.4, -0.2) is 22.4 Å². The van der Waals surface area contributed by atoms with Gasteiger partial charge in [0.2, 0.25) is 0 Å². The van der Waals surface area contributed by atoms with Gasteiger partial charge < -0.3 is 4.57 Å². The fourth-order valence-corrected chi connectivity index (χ4v) is 4.86. The Morgan fingerprint density at radius 2 is 1.69 bits per heavy atom. The van der Waals surface area contributed by atoms with E-state index in [0.717, 1.165) is 21.4 Å². The van der Waals surface area contributed by atoms with Crippen LogP contribution in [0.3, 0.4) is 0 Å². The molecule has 4 aromatic rings. The fraction of sp³-hybridized carbons (Fsp3) is 0.0741. The van der Waals surface area contributed by atoms with Gasteiger partial charge in [-0.3, -0.25) is 14.9 Å². The lowest BCUT2D eigenvalue weighted by Gasteiger charge is -2.27. The minimum absolute atomic E-state index is 0.165. The zero-order valence-corrected chi connectivity index (χ0v) is 21.2. The largest absolute Gasteiger partial charge is 0.342 e. The molecule has 0 saturated carbocycles. The first-order chi connectivity index (χ1) is 17.2. The summed E-state index contributed by atoms with van der Waals surface area (Å²) in [4.78, 5) is 39.7. The molecule has 3 aromatic carbocycles. The number of carbonyl (C=O) groups is 3. The van der Waals surface area contributed by atoms with Gasteiger partial charge >= 0.3 is 6.03 Å². The number of barbiturate groups is 1. The summed E-state index contributed by atoms with van der Waals surface area (Å²) in [6.07, 6.45) is 3.34. The smallest absolute Gasteiger partial charge is 0.335 e. The monoisotopic (exact) mass is 537 g/mol. The Morgan fingerprint density at radius 3 is 2.47 bits per heavy atom. The van der Waals surface area contributed by atoms with Gasteiger partial charge in [-0.25, -0.2) is 9.69 Å². The van der Waals surface area contributed by atoms with Crippen molar-refractivity contribution in [2.75, 3.05) is 4.90 Å². The van der Waals surface area contributed by atoms with E-state index in [1.807, 2.05) is 41.1 Å². The summed E-state index contributed by atoms with van der Waals surface area (Å²) >= 11 is 18.6. The molecule has 0 atom stereocenters. The van der Waals surface area contributed by atoms with E-state index in [1.54, 1.807) is 37.3 Å². The molecule has 0 radical (unpaired) electrons. The molecule has 1 aromatic heterocycles. The first-order valence-corrected chi connectivity index (χ1v) is 12.1. The van der Waals surface area contributed by atoms with Crippen molar-refractivity contribution in [1.29, 1.82) is 0 Å². The van der Waals surface area contributed by atoms with E-state index < -0.39 is 17.8 Å². The number of urea groups is 1. The Labute approximate surface area is 221 Å². The molecule has 1 aliphatic heterocycles. The van der Waals surface area contributed by atoms with Gasteiger partial charge in [-0.15, -0.1) is 0 Å². The van der Waals surface area contributed by atoms with E-state index in [0.29, 0.717) is 38.4 Å². The average Bonchev–Trinajstić information content (AvgIpc) is 3.18. The lowest BCUT2D eigenvalue weighted by molar-refractivity contribution is -0.122. The lowest BCUT2D eigenvalue weighted by atomic mass is 10.1. The molecule has 0 aliphatic carbocycles. The molecule has 0 spiro atoms. The third-order valence-electron chi connectivity index (χ3n) is 6.06. The number of imide groups is 2. The number of halogens is 3. The van der Waals surface area contributed by atoms with Crippen LogP contribution in [0.4, 0.5) is 10.5 Å². The second-order valence-corrected chi connectivity index (χ2v) is 9.56. The number of benzene rings is 3. The Hall–Kier alpha value is -3.58. The number of anilines is 1. The Balaban J connectivity index is 1.59. The number of rotatable bonds is 4. The molecule has 2 heterocycles. The third kappa shape index (κ3) is 4.28. The highest BCUT2D eigenvalue weighted by Gasteiger charge is 2.37. The van der Waals surface area contributed by atoms with Crippen LogP contribution in [-0.2, 0) is 16.1 Å². The van der Waals surface area contributed by atoms with Crippen molar-refractivity contribution in [3.63, 3.8) is 0 Å². The number of hydrogen-bond donors (Lipinski definition) is 1. The molecule has 1 saturated heterocycles. The van der Waals surface area contributed by atoms with Crippen LogP contribution >= 0.6 is 34.8 Å². The molecule has 6 nitrogen and oxygen atoms in total. The SMILES string of the molecule is Cc1c(Cl)cccc1N1C(=O)NC(=O)/C(=C\c2cn(Cc3ccc(Cl)cc3Cl)c3ccccc23)C1=O. The zero-order chi connectivity index (χ0) is 25.6. The van der Waals surface area contributed by atoms with Gasteiger partial charge in [0.15, 0.2) is 0 Å². The van der Waals surface area contributed by atoms with Crippen molar-refractivity contribution in [2.45, 2.75) is 13.5 Å². The normalized spacial score (nSPS) is 15.2. The standard InChI is InChI=1S/C27H18Cl3N3O3/c1-15-21(29)6-4-8-23(15)33-26(35)20(25(34)31-27(33)36)11-17-14-32(24-7-3-2-5-19(17)24)13-16-9-10-18(28)12-22(16)30/h2-12,14H,13H2,1H3,(H,31,34,36)/b20-11+. The van der Waals surface area contributed by atoms with Gasteiger partial charge in [-0.05, 0) is 54.5 Å². The second-order valence-electron chi connectivity index (χ2n) is 8.31. The van der Waals surface area contributed by atoms with E-state index in [-0.39, 0.29) is 5.57 Å². The van der Waals surface area contributed by atoms with Gasteiger partial charge in [0.05, 0.1) is 5.69 Å². The summed E-state index contributed by atoms with van der Waals surface area (Å²) in [6, 6.07) is 17.0. The Morgan fingerprint density at radius 1 is 0.917 bits per heavy atom. The van der Waals surface area contributed by atoms with Gasteiger partial charge in [0.1, 0.15) is 5.57 Å². The molecule has 1 fully saturated rings. The number of carbonyl (C=O) groups excluding carboxylic acids is 3. The van der Waals surface area contributed by atoms with Crippen LogP contribution in [0.1, 0.15) is 16.7 Å². The average molecular weight is 539 g/mol. The second kappa shape index (κ2) is 9.47. The number of fused-ring (bicyclic) bond motifs is 1. The van der Waals surface area contributed by atoms with Crippen molar-refractivity contribution in [1.82, 2.24) is 9.88 Å². The predicted octanol–water partition coefficient (Wildman–Crippen LogP) is 6.62. The number of para-hydroxylation sites is 1. The zero-order valence-electron chi connectivity index (χ0n) is 18.9. The first kappa shape index (κ1) is 24.1. The molecule has 0 unspecified atom stereocenters. The van der Waals surface area contributed by atoms with Crippen molar-refractivity contribution in [3.8, 4) is 0 Å². The van der Waals surface area contributed by atoms with E-state index >= 15 is 0 Å². The maximum atomic E-state index is 13.4. The maximum Gasteiger partial charge on any atom is 0.335 e. The van der Waals surface area contributed by atoms with Crippen LogP contribution in [0.15, 0.2) is 72.4 Å². The van der Waals surface area contributed by atoms with E-state index in [2.05, 4.69) is 5.32 Å². The summed E-state index contributed by atoms with van der Waals surface area (Å²) in [5, 5.41) is 4.57. The van der Waals surface area contributed by atoms with Gasteiger partial charge in [-0.1, -0.05) is 65.1 Å². The minimum atomic E-state index is -0.827. The molecule has 0 bridgehead atoms. The molecule has 1 N–H and O–H groups in total. The van der Waals surface area contributed by atoms with Crippen LogP contribution in [0.25, 0.3) is 17.0 Å². The highest BCUT2D eigenvalue weighted by molar-refractivity contribution is 6.40.